The van der Waals surface area contributed by atoms with Crippen LogP contribution in [0, 0.1) is 6.43 Å². The molecule has 0 heterocycles. The van der Waals surface area contributed by atoms with Crippen LogP contribution in [0.1, 0.15) is 5.56 Å². The van der Waals surface area contributed by atoms with Crippen LogP contribution in [0.4, 0.5) is 22.0 Å². The molecule has 0 amide bonds. The van der Waals surface area contributed by atoms with E-state index in [4.69, 9.17) is 0 Å². The number of fused-ring (bicyclic) bond motifs is 1. The molecule has 6 heteroatoms. The number of rotatable bonds is 2. The van der Waals surface area contributed by atoms with Crippen molar-refractivity contribution < 1.29 is 26.7 Å². The van der Waals surface area contributed by atoms with E-state index in [1.807, 2.05) is 0 Å². The Hall–Kier alpha value is -1.85. The van der Waals surface area contributed by atoms with Gasteiger partial charge < -0.3 is 4.74 Å². The fourth-order valence-electron chi connectivity index (χ4n) is 1.62. The lowest BCUT2D eigenvalue weighted by Gasteiger charge is -2.10. The highest BCUT2D eigenvalue weighted by Crippen LogP contribution is 2.31. The Labute approximate surface area is 98.8 Å². The highest BCUT2D eigenvalue weighted by Gasteiger charge is 2.31. The van der Waals surface area contributed by atoms with Gasteiger partial charge in [0.2, 0.25) is 0 Å². The maximum atomic E-state index is 12.6. The minimum Gasteiger partial charge on any atom is -0.406 e. The lowest BCUT2D eigenvalue weighted by molar-refractivity contribution is -0.274. The molecule has 1 radical (unpaired) electrons. The zero-order valence-electron chi connectivity index (χ0n) is 8.76. The number of alkyl halides is 3. The van der Waals surface area contributed by atoms with Gasteiger partial charge in [0.25, 0.3) is 0 Å². The van der Waals surface area contributed by atoms with Crippen LogP contribution >= 0.6 is 0 Å². The molecule has 0 N–H and O–H groups in total. The SMILES string of the molecule is F[C](F)c1cccc2cc(OC(F)(F)F)ccc12. The molecule has 18 heavy (non-hydrogen) atoms. The minimum absolute atomic E-state index is 0.173. The van der Waals surface area contributed by atoms with E-state index in [-0.39, 0.29) is 16.3 Å². The number of benzene rings is 2. The number of halogens is 5. The number of ether oxygens (including phenoxy) is 1. The van der Waals surface area contributed by atoms with Gasteiger partial charge in [0.1, 0.15) is 5.75 Å². The van der Waals surface area contributed by atoms with Gasteiger partial charge in [-0.1, -0.05) is 24.3 Å². The summed E-state index contributed by atoms with van der Waals surface area (Å²) >= 11 is 0. The standard InChI is InChI=1S/C12H6F5O/c13-11(14)10-3-1-2-7-6-8(4-5-9(7)10)18-12(15,16)17/h1-6H. The molecular formula is C12H6F5O. The zero-order valence-corrected chi connectivity index (χ0v) is 8.76. The van der Waals surface area contributed by atoms with E-state index in [9.17, 15) is 22.0 Å². The van der Waals surface area contributed by atoms with E-state index in [2.05, 4.69) is 4.74 Å². The molecule has 2 rings (SSSR count). The Morgan fingerprint density at radius 3 is 2.33 bits per heavy atom. The van der Waals surface area contributed by atoms with Gasteiger partial charge in [-0.15, -0.1) is 13.2 Å². The molecule has 0 unspecified atom stereocenters. The molecule has 95 valence electrons. The van der Waals surface area contributed by atoms with Gasteiger partial charge in [0, 0.05) is 5.56 Å². The molecule has 2 aromatic carbocycles. The molecule has 0 aliphatic heterocycles. The Morgan fingerprint density at radius 1 is 1.00 bits per heavy atom. The predicted molar refractivity (Wildman–Crippen MR) is 55.2 cm³/mol. The second-order valence-corrected chi connectivity index (χ2v) is 3.50. The van der Waals surface area contributed by atoms with Crippen LogP contribution in [0.5, 0.6) is 5.75 Å². The van der Waals surface area contributed by atoms with Crippen LogP contribution < -0.4 is 4.74 Å². The largest absolute Gasteiger partial charge is 0.573 e. The van der Waals surface area contributed by atoms with Crippen molar-refractivity contribution in [3.05, 3.63) is 48.4 Å². The predicted octanol–water partition coefficient (Wildman–Crippen LogP) is 4.51. The van der Waals surface area contributed by atoms with Crippen LogP contribution in [0.2, 0.25) is 0 Å². The van der Waals surface area contributed by atoms with E-state index >= 15 is 0 Å². The van der Waals surface area contributed by atoms with E-state index in [1.165, 1.54) is 24.3 Å². The smallest absolute Gasteiger partial charge is 0.406 e. The van der Waals surface area contributed by atoms with Crippen molar-refractivity contribution in [2.45, 2.75) is 6.36 Å². The highest BCUT2D eigenvalue weighted by atomic mass is 19.4. The van der Waals surface area contributed by atoms with Crippen molar-refractivity contribution in [3.63, 3.8) is 0 Å². The van der Waals surface area contributed by atoms with Gasteiger partial charge in [-0.3, -0.25) is 0 Å². The second kappa shape index (κ2) is 4.44. The summed E-state index contributed by atoms with van der Waals surface area (Å²) in [5.74, 6) is -0.439. The molecule has 0 aliphatic rings. The highest BCUT2D eigenvalue weighted by molar-refractivity contribution is 5.88. The van der Waals surface area contributed by atoms with Crippen LogP contribution in [0.3, 0.4) is 0 Å². The topological polar surface area (TPSA) is 9.23 Å². The molecule has 0 atom stereocenters. The molecule has 2 aromatic rings. The first-order valence-corrected chi connectivity index (χ1v) is 4.84. The monoisotopic (exact) mass is 261 g/mol. The van der Waals surface area contributed by atoms with Gasteiger partial charge in [-0.25, -0.2) is 0 Å². The first-order chi connectivity index (χ1) is 8.37. The van der Waals surface area contributed by atoms with Gasteiger partial charge in [-0.05, 0) is 22.9 Å². The van der Waals surface area contributed by atoms with Crippen LogP contribution in [-0.4, -0.2) is 6.36 Å². The summed E-state index contributed by atoms with van der Waals surface area (Å²) in [6.07, 6.45) is -6.69. The summed E-state index contributed by atoms with van der Waals surface area (Å²) in [5.41, 5.74) is -0.300. The third-order valence-corrected chi connectivity index (χ3v) is 2.29. The molecule has 0 saturated carbocycles. The fourth-order valence-corrected chi connectivity index (χ4v) is 1.62. The summed E-state index contributed by atoms with van der Waals surface area (Å²) in [6.45, 7) is 0. The maximum absolute atomic E-state index is 12.6. The summed E-state index contributed by atoms with van der Waals surface area (Å²) < 4.78 is 64.9. The first-order valence-electron chi connectivity index (χ1n) is 4.84. The van der Waals surface area contributed by atoms with Crippen molar-refractivity contribution >= 4 is 10.8 Å². The summed E-state index contributed by atoms with van der Waals surface area (Å²) in [6, 6.07) is 7.21. The van der Waals surface area contributed by atoms with Crippen molar-refractivity contribution in [1.29, 1.82) is 0 Å². The second-order valence-electron chi connectivity index (χ2n) is 3.50. The number of hydrogen-bond acceptors (Lipinski definition) is 1. The van der Waals surface area contributed by atoms with E-state index in [0.717, 1.165) is 12.1 Å². The van der Waals surface area contributed by atoms with Crippen LogP contribution in [-0.2, 0) is 0 Å². The quantitative estimate of drug-likeness (QED) is 0.722. The zero-order chi connectivity index (χ0) is 13.3. The lowest BCUT2D eigenvalue weighted by atomic mass is 10.0. The fraction of sp³-hybridized carbons (Fsp3) is 0.0833. The van der Waals surface area contributed by atoms with Gasteiger partial charge in [0.15, 0.2) is 0 Å². The van der Waals surface area contributed by atoms with Crippen molar-refractivity contribution in [2.24, 2.45) is 0 Å². The first kappa shape index (κ1) is 12.6. The Bertz CT molecular complexity index is 562. The average Bonchev–Trinajstić information content (AvgIpc) is 2.25. The normalized spacial score (nSPS) is 12.1. The number of hydrogen-bond donors (Lipinski definition) is 0. The van der Waals surface area contributed by atoms with Gasteiger partial charge in [-0.2, -0.15) is 8.78 Å². The van der Waals surface area contributed by atoms with Gasteiger partial charge >= 0.3 is 12.8 Å². The molecule has 0 aliphatic carbocycles. The molecule has 1 nitrogen and oxygen atoms in total. The molecular weight excluding hydrogens is 255 g/mol. The van der Waals surface area contributed by atoms with Gasteiger partial charge in [0.05, 0.1) is 0 Å². The Kier molecular flexibility index (Phi) is 3.11. The van der Waals surface area contributed by atoms with Crippen molar-refractivity contribution in [1.82, 2.24) is 0 Å². The van der Waals surface area contributed by atoms with E-state index in [0.29, 0.717) is 0 Å². The summed E-state index contributed by atoms with van der Waals surface area (Å²) in [4.78, 5) is 0. The van der Waals surface area contributed by atoms with E-state index in [1.54, 1.807) is 0 Å². The third kappa shape index (κ3) is 2.69. The summed E-state index contributed by atoms with van der Waals surface area (Å²) in [5, 5.41) is 0.425. The van der Waals surface area contributed by atoms with Crippen LogP contribution in [0.25, 0.3) is 10.8 Å². The lowest BCUT2D eigenvalue weighted by Crippen LogP contribution is -2.17. The van der Waals surface area contributed by atoms with Crippen molar-refractivity contribution in [2.75, 3.05) is 0 Å². The molecule has 0 spiro atoms. The minimum atomic E-state index is -4.80. The van der Waals surface area contributed by atoms with Crippen molar-refractivity contribution in [3.8, 4) is 5.75 Å². The third-order valence-electron chi connectivity index (χ3n) is 2.29. The molecule has 0 fully saturated rings. The Balaban J connectivity index is 2.47. The average molecular weight is 261 g/mol. The summed E-state index contributed by atoms with van der Waals surface area (Å²) in [7, 11) is 0. The molecule has 0 bridgehead atoms. The molecule has 0 aromatic heterocycles. The Morgan fingerprint density at radius 2 is 1.72 bits per heavy atom. The van der Waals surface area contributed by atoms with E-state index < -0.39 is 18.5 Å². The maximum Gasteiger partial charge on any atom is 0.573 e. The van der Waals surface area contributed by atoms with Crippen LogP contribution in [0.15, 0.2) is 36.4 Å². The molecule has 0 saturated heterocycles.